The highest BCUT2D eigenvalue weighted by Gasteiger charge is 2.67. The van der Waals surface area contributed by atoms with E-state index < -0.39 is 43.7 Å². The van der Waals surface area contributed by atoms with Gasteiger partial charge < -0.3 is 10.2 Å². The maximum absolute atomic E-state index is 11.8. The van der Waals surface area contributed by atoms with Crippen LogP contribution in [0.25, 0.3) is 0 Å². The molecule has 0 saturated heterocycles. The van der Waals surface area contributed by atoms with E-state index in [2.05, 4.69) is 0 Å². The van der Waals surface area contributed by atoms with Crippen molar-refractivity contribution in [1.29, 1.82) is 0 Å². The van der Waals surface area contributed by atoms with Gasteiger partial charge in [0.1, 0.15) is 11.4 Å². The first kappa shape index (κ1) is 21.9. The van der Waals surface area contributed by atoms with Gasteiger partial charge in [-0.3, -0.25) is 9.11 Å². The molecule has 3 aliphatic carbocycles. The zero-order valence-corrected chi connectivity index (χ0v) is 17.9. The summed E-state index contributed by atoms with van der Waals surface area (Å²) in [7, 11) is -9.75. The SMILES string of the molecule is C[C@]12CC[C@@H]3c4ccc(O)cc4CC[C@H]3[C@@H]1C(NS(=O)(=O)O)(NS(=O)(=O)O)CC2O. The summed E-state index contributed by atoms with van der Waals surface area (Å²) in [5.74, 6) is -0.867. The summed E-state index contributed by atoms with van der Waals surface area (Å²) in [6, 6.07) is 5.10. The Balaban J connectivity index is 1.85. The minimum atomic E-state index is -4.88. The van der Waals surface area contributed by atoms with E-state index >= 15 is 0 Å². The maximum atomic E-state index is 11.8. The minimum absolute atomic E-state index is 0.0523. The maximum Gasteiger partial charge on any atom is 0.334 e. The Morgan fingerprint density at radius 3 is 2.30 bits per heavy atom. The number of nitrogens with one attached hydrogen (secondary N) is 2. The molecule has 2 fully saturated rings. The number of hydrogen-bond donors (Lipinski definition) is 6. The number of aryl methyl sites for hydroxylation is 1. The Morgan fingerprint density at radius 1 is 1.07 bits per heavy atom. The Bertz CT molecular complexity index is 1040. The molecule has 0 radical (unpaired) electrons. The van der Waals surface area contributed by atoms with Crippen molar-refractivity contribution in [3.63, 3.8) is 0 Å². The molecular weight excluding hydrogens is 436 g/mol. The molecule has 6 N–H and O–H groups in total. The molecule has 0 heterocycles. The molecule has 1 aromatic rings. The molecular formula is C18H26N2O8S2. The first-order valence-electron chi connectivity index (χ1n) is 9.77. The third-order valence-corrected chi connectivity index (χ3v) is 8.60. The van der Waals surface area contributed by atoms with E-state index in [-0.39, 0.29) is 24.0 Å². The summed E-state index contributed by atoms with van der Waals surface area (Å²) in [6.07, 6.45) is 0.938. The molecule has 12 heteroatoms. The molecule has 0 aliphatic heterocycles. The van der Waals surface area contributed by atoms with Crippen molar-refractivity contribution in [1.82, 2.24) is 9.44 Å². The summed E-state index contributed by atoms with van der Waals surface area (Å²) < 4.78 is 70.1. The fourth-order valence-corrected chi connectivity index (χ4v) is 7.97. The van der Waals surface area contributed by atoms with Crippen molar-refractivity contribution in [2.75, 3.05) is 0 Å². The molecule has 1 unspecified atom stereocenters. The molecule has 30 heavy (non-hydrogen) atoms. The minimum Gasteiger partial charge on any atom is -0.508 e. The number of aliphatic hydroxyl groups excluding tert-OH is 1. The average Bonchev–Trinajstić information content (AvgIpc) is 2.77. The molecule has 0 aromatic heterocycles. The van der Waals surface area contributed by atoms with E-state index in [0.29, 0.717) is 25.7 Å². The van der Waals surface area contributed by atoms with Gasteiger partial charge in [-0.05, 0) is 66.2 Å². The molecule has 0 bridgehead atoms. The second kappa shape index (κ2) is 6.86. The quantitative estimate of drug-likeness (QED) is 0.280. The van der Waals surface area contributed by atoms with Crippen LogP contribution in [-0.4, -0.2) is 47.9 Å². The van der Waals surface area contributed by atoms with Crippen molar-refractivity contribution in [3.05, 3.63) is 29.3 Å². The van der Waals surface area contributed by atoms with Gasteiger partial charge in [0.2, 0.25) is 0 Å². The highest BCUT2D eigenvalue weighted by molar-refractivity contribution is 7.84. The molecule has 3 aliphatic rings. The summed E-state index contributed by atoms with van der Waals surface area (Å²) in [6.45, 7) is 1.78. The van der Waals surface area contributed by atoms with Crippen LogP contribution in [0.4, 0.5) is 0 Å². The third kappa shape index (κ3) is 3.64. The van der Waals surface area contributed by atoms with E-state index in [1.807, 2.05) is 15.5 Å². The number of aromatic hydroxyl groups is 1. The number of aliphatic hydroxyl groups is 1. The van der Waals surface area contributed by atoms with Crippen LogP contribution in [0, 0.1) is 17.3 Å². The Labute approximate surface area is 175 Å². The van der Waals surface area contributed by atoms with E-state index in [9.17, 15) is 36.2 Å². The van der Waals surface area contributed by atoms with Crippen LogP contribution < -0.4 is 9.44 Å². The molecule has 10 nitrogen and oxygen atoms in total. The van der Waals surface area contributed by atoms with Gasteiger partial charge in [0, 0.05) is 12.3 Å². The summed E-state index contributed by atoms with van der Waals surface area (Å²) in [4.78, 5) is 0. The Morgan fingerprint density at radius 2 is 1.70 bits per heavy atom. The average molecular weight is 463 g/mol. The van der Waals surface area contributed by atoms with Crippen LogP contribution in [0.1, 0.15) is 49.7 Å². The van der Waals surface area contributed by atoms with Gasteiger partial charge in [0.25, 0.3) is 0 Å². The number of hydrogen-bond acceptors (Lipinski definition) is 6. The van der Waals surface area contributed by atoms with E-state index in [0.717, 1.165) is 11.1 Å². The lowest BCUT2D eigenvalue weighted by atomic mass is 9.54. The van der Waals surface area contributed by atoms with E-state index in [4.69, 9.17) is 0 Å². The fraction of sp³-hybridized carbons (Fsp3) is 0.667. The number of rotatable bonds is 4. The van der Waals surface area contributed by atoms with E-state index in [1.54, 1.807) is 19.1 Å². The number of phenols is 1. The van der Waals surface area contributed by atoms with Crippen LogP contribution in [0.15, 0.2) is 18.2 Å². The molecule has 4 rings (SSSR count). The van der Waals surface area contributed by atoms with Crippen LogP contribution in [0.3, 0.4) is 0 Å². The van der Waals surface area contributed by atoms with Crippen molar-refractivity contribution >= 4 is 20.6 Å². The zero-order valence-electron chi connectivity index (χ0n) is 16.3. The number of benzene rings is 1. The number of fused-ring (bicyclic) bond motifs is 5. The Kier molecular flexibility index (Phi) is 5.01. The van der Waals surface area contributed by atoms with Crippen molar-refractivity contribution in [2.45, 2.75) is 56.7 Å². The zero-order chi connectivity index (χ0) is 22.1. The highest BCUT2D eigenvalue weighted by atomic mass is 32.2. The molecule has 0 spiro atoms. The molecule has 168 valence electrons. The predicted molar refractivity (Wildman–Crippen MR) is 106 cm³/mol. The first-order chi connectivity index (χ1) is 13.7. The largest absolute Gasteiger partial charge is 0.508 e. The van der Waals surface area contributed by atoms with Crippen molar-refractivity contribution < 1.29 is 36.2 Å². The monoisotopic (exact) mass is 462 g/mol. The van der Waals surface area contributed by atoms with Gasteiger partial charge in [0.05, 0.1) is 6.10 Å². The van der Waals surface area contributed by atoms with Crippen molar-refractivity contribution in [2.24, 2.45) is 17.3 Å². The lowest BCUT2D eigenvalue weighted by Gasteiger charge is -2.53. The number of phenolic OH excluding ortho intramolecular Hbond substituents is 1. The predicted octanol–water partition coefficient (Wildman–Crippen LogP) is 0.700. The molecule has 0 amide bonds. The second-order valence-corrected chi connectivity index (χ2v) is 11.4. The molecule has 1 aromatic carbocycles. The summed E-state index contributed by atoms with van der Waals surface area (Å²) in [5.41, 5.74) is -0.840. The third-order valence-electron chi connectivity index (χ3n) is 7.35. The normalized spacial score (nSPS) is 35.3. The van der Waals surface area contributed by atoms with Crippen molar-refractivity contribution in [3.8, 4) is 5.75 Å². The van der Waals surface area contributed by atoms with Gasteiger partial charge in [-0.2, -0.15) is 26.3 Å². The van der Waals surface area contributed by atoms with Gasteiger partial charge in [0.15, 0.2) is 0 Å². The van der Waals surface area contributed by atoms with Gasteiger partial charge in [-0.15, -0.1) is 0 Å². The van der Waals surface area contributed by atoms with Crippen LogP contribution in [0.2, 0.25) is 0 Å². The van der Waals surface area contributed by atoms with Crippen LogP contribution >= 0.6 is 0 Å². The molecule has 2 saturated carbocycles. The summed E-state index contributed by atoms with van der Waals surface area (Å²) >= 11 is 0. The lowest BCUT2D eigenvalue weighted by Crippen LogP contribution is -2.66. The topological polar surface area (TPSA) is 173 Å². The highest BCUT2D eigenvalue weighted by Crippen LogP contribution is 2.63. The summed E-state index contributed by atoms with van der Waals surface area (Å²) in [5, 5.41) is 20.7. The van der Waals surface area contributed by atoms with E-state index in [1.165, 1.54) is 0 Å². The standard InChI is InChI=1S/C18H26N2O8S2/c1-17-7-6-13-12-5-3-11(21)8-10(12)2-4-14(13)16(17)18(9-15(17)22,19-29(23,24)25)20-30(26,27)28/h3,5,8,13-16,19-22H,2,4,6-7,9H2,1H3,(H,23,24,25)(H,26,27,28)/t13-,14-,15?,16+,17-/m1/s1. The Hall–Kier alpha value is -1.28. The van der Waals surface area contributed by atoms with Crippen LogP contribution in [-0.2, 0) is 27.0 Å². The smallest absolute Gasteiger partial charge is 0.334 e. The second-order valence-electron chi connectivity index (χ2n) is 9.06. The molecule has 5 atom stereocenters. The van der Waals surface area contributed by atoms with Crippen LogP contribution in [0.5, 0.6) is 5.75 Å². The lowest BCUT2D eigenvalue weighted by molar-refractivity contribution is -0.0366. The fourth-order valence-electron chi connectivity index (χ4n) is 6.46. The van der Waals surface area contributed by atoms with Gasteiger partial charge in [-0.25, -0.2) is 0 Å². The van der Waals surface area contributed by atoms with Gasteiger partial charge in [-0.1, -0.05) is 13.0 Å². The van der Waals surface area contributed by atoms with Gasteiger partial charge >= 0.3 is 20.6 Å². The first-order valence-corrected chi connectivity index (χ1v) is 12.6.